The van der Waals surface area contributed by atoms with E-state index in [1.807, 2.05) is 20.8 Å². The number of carbonyl (C=O) groups excluding carboxylic acids is 2. The fourth-order valence-corrected chi connectivity index (χ4v) is 5.92. The summed E-state index contributed by atoms with van der Waals surface area (Å²) in [5.41, 5.74) is 1.65. The van der Waals surface area contributed by atoms with Crippen LogP contribution in [0.1, 0.15) is 31.9 Å². The van der Waals surface area contributed by atoms with Crippen molar-refractivity contribution in [3.63, 3.8) is 0 Å². The molecule has 0 aromatic heterocycles. The molecule has 0 saturated carbocycles. The van der Waals surface area contributed by atoms with Crippen LogP contribution >= 0.6 is 34.8 Å². The molecule has 0 spiro atoms. The third kappa shape index (κ3) is 8.13. The number of carbonyl (C=O) groups is 2. The zero-order chi connectivity index (χ0) is 29.6. The molecule has 0 radical (unpaired) electrons. The van der Waals surface area contributed by atoms with E-state index in [4.69, 9.17) is 34.8 Å². The Kier molecular flexibility index (Phi) is 10.9. The van der Waals surface area contributed by atoms with E-state index in [1.165, 1.54) is 23.1 Å². The van der Waals surface area contributed by atoms with Gasteiger partial charge in [0.25, 0.3) is 10.0 Å². The number of halogens is 3. The van der Waals surface area contributed by atoms with Gasteiger partial charge in [0.05, 0.1) is 10.6 Å². The summed E-state index contributed by atoms with van der Waals surface area (Å²) in [5.74, 6) is -0.777. The number of rotatable bonds is 11. The first-order valence-corrected chi connectivity index (χ1v) is 15.2. The van der Waals surface area contributed by atoms with Crippen molar-refractivity contribution in [2.24, 2.45) is 5.92 Å². The molecule has 40 heavy (non-hydrogen) atoms. The van der Waals surface area contributed by atoms with Crippen LogP contribution in [-0.4, -0.2) is 44.3 Å². The van der Waals surface area contributed by atoms with Crippen LogP contribution in [0, 0.1) is 12.8 Å². The second-order valence-corrected chi connectivity index (χ2v) is 13.0. The molecule has 0 heterocycles. The normalized spacial score (nSPS) is 12.2. The van der Waals surface area contributed by atoms with Crippen molar-refractivity contribution < 1.29 is 18.0 Å². The quantitative estimate of drug-likeness (QED) is 0.270. The van der Waals surface area contributed by atoms with Gasteiger partial charge in [0.1, 0.15) is 12.6 Å². The average molecular weight is 625 g/mol. The average Bonchev–Trinajstić information content (AvgIpc) is 2.89. The van der Waals surface area contributed by atoms with Gasteiger partial charge in [-0.05, 0) is 67.8 Å². The Morgan fingerprint density at radius 3 is 2.15 bits per heavy atom. The first-order chi connectivity index (χ1) is 18.8. The van der Waals surface area contributed by atoms with Gasteiger partial charge in [-0.3, -0.25) is 13.9 Å². The van der Waals surface area contributed by atoms with Crippen molar-refractivity contribution in [3.8, 4) is 0 Å². The maximum absolute atomic E-state index is 13.9. The van der Waals surface area contributed by atoms with Gasteiger partial charge >= 0.3 is 0 Å². The van der Waals surface area contributed by atoms with Crippen molar-refractivity contribution >= 4 is 62.3 Å². The molecule has 3 aromatic carbocycles. The van der Waals surface area contributed by atoms with Crippen LogP contribution in [0.2, 0.25) is 15.1 Å². The third-order valence-electron chi connectivity index (χ3n) is 6.19. The zero-order valence-electron chi connectivity index (χ0n) is 22.7. The van der Waals surface area contributed by atoms with Crippen molar-refractivity contribution in [2.45, 2.75) is 45.2 Å². The van der Waals surface area contributed by atoms with Crippen LogP contribution in [0.3, 0.4) is 0 Å². The van der Waals surface area contributed by atoms with E-state index in [0.717, 1.165) is 9.87 Å². The molecule has 0 aliphatic heterocycles. The fourth-order valence-electron chi connectivity index (χ4n) is 3.87. The van der Waals surface area contributed by atoms with Gasteiger partial charge < -0.3 is 10.2 Å². The Balaban J connectivity index is 2.04. The summed E-state index contributed by atoms with van der Waals surface area (Å²) >= 11 is 18.7. The number of benzene rings is 3. The number of hydrogen-bond acceptors (Lipinski definition) is 4. The summed E-state index contributed by atoms with van der Waals surface area (Å²) in [6, 6.07) is 16.5. The Morgan fingerprint density at radius 1 is 0.900 bits per heavy atom. The molecule has 11 heteroatoms. The molecule has 3 rings (SSSR count). The first-order valence-electron chi connectivity index (χ1n) is 12.7. The van der Waals surface area contributed by atoms with E-state index in [-0.39, 0.29) is 29.0 Å². The molecule has 0 aliphatic rings. The summed E-state index contributed by atoms with van der Waals surface area (Å²) in [5, 5.41) is 3.89. The molecular formula is C29H32Cl3N3O4S. The first kappa shape index (κ1) is 31.7. The summed E-state index contributed by atoms with van der Waals surface area (Å²) in [6.07, 6.45) is 0. The minimum absolute atomic E-state index is 0.0147. The van der Waals surface area contributed by atoms with Crippen molar-refractivity contribution in [3.05, 3.63) is 92.9 Å². The summed E-state index contributed by atoms with van der Waals surface area (Å²) in [4.78, 5) is 28.3. The van der Waals surface area contributed by atoms with Crippen LogP contribution in [0.25, 0.3) is 0 Å². The van der Waals surface area contributed by atoms with Gasteiger partial charge in [-0.1, -0.05) is 78.5 Å². The van der Waals surface area contributed by atoms with Gasteiger partial charge in [-0.2, -0.15) is 0 Å². The van der Waals surface area contributed by atoms with Crippen LogP contribution < -0.4 is 9.62 Å². The SMILES string of the molecule is Cc1ccc(S(=O)(=O)N(CC(=O)N(Cc2ccc(Cl)cc2Cl)[C@H](C)C(=O)NCC(C)C)c2cccc(Cl)c2)cc1. The monoisotopic (exact) mass is 623 g/mol. The van der Waals surface area contributed by atoms with E-state index in [1.54, 1.807) is 55.5 Å². The molecular weight excluding hydrogens is 593 g/mol. The lowest BCUT2D eigenvalue weighted by Gasteiger charge is -2.32. The predicted octanol–water partition coefficient (Wildman–Crippen LogP) is 6.34. The second kappa shape index (κ2) is 13.7. The van der Waals surface area contributed by atoms with Crippen molar-refractivity contribution in [1.29, 1.82) is 0 Å². The molecule has 0 saturated heterocycles. The molecule has 3 aromatic rings. The molecule has 0 aliphatic carbocycles. The third-order valence-corrected chi connectivity index (χ3v) is 8.80. The fraction of sp³-hybridized carbons (Fsp3) is 0.310. The Morgan fingerprint density at radius 2 is 1.55 bits per heavy atom. The maximum atomic E-state index is 13.9. The minimum atomic E-state index is -4.19. The lowest BCUT2D eigenvalue weighted by atomic mass is 10.1. The smallest absolute Gasteiger partial charge is 0.264 e. The number of amides is 2. The van der Waals surface area contributed by atoms with Crippen LogP contribution in [0.15, 0.2) is 71.6 Å². The number of sulfonamides is 1. The highest BCUT2D eigenvalue weighted by Crippen LogP contribution is 2.28. The summed E-state index contributed by atoms with van der Waals surface area (Å²) in [7, 11) is -4.19. The summed E-state index contributed by atoms with van der Waals surface area (Å²) in [6.45, 7) is 7.15. The van der Waals surface area contributed by atoms with Gasteiger partial charge in [-0.25, -0.2) is 8.42 Å². The van der Waals surface area contributed by atoms with Gasteiger partial charge in [0, 0.05) is 28.2 Å². The van der Waals surface area contributed by atoms with Crippen LogP contribution in [0.4, 0.5) is 5.69 Å². The molecule has 214 valence electrons. The largest absolute Gasteiger partial charge is 0.354 e. The Bertz CT molecular complexity index is 1460. The number of nitrogens with zero attached hydrogens (tertiary/aromatic N) is 2. The van der Waals surface area contributed by atoms with E-state index in [0.29, 0.717) is 27.2 Å². The summed E-state index contributed by atoms with van der Waals surface area (Å²) < 4.78 is 28.7. The number of anilines is 1. The molecule has 0 bridgehead atoms. The van der Waals surface area contributed by atoms with Gasteiger partial charge in [-0.15, -0.1) is 0 Å². The minimum Gasteiger partial charge on any atom is -0.354 e. The van der Waals surface area contributed by atoms with Crippen molar-refractivity contribution in [1.82, 2.24) is 10.2 Å². The zero-order valence-corrected chi connectivity index (χ0v) is 25.8. The Hall–Kier alpha value is -2.78. The Labute approximate surface area is 251 Å². The highest BCUT2D eigenvalue weighted by molar-refractivity contribution is 7.92. The maximum Gasteiger partial charge on any atom is 0.264 e. The molecule has 0 unspecified atom stereocenters. The highest BCUT2D eigenvalue weighted by atomic mass is 35.5. The lowest BCUT2D eigenvalue weighted by Crippen LogP contribution is -2.51. The number of nitrogens with one attached hydrogen (secondary N) is 1. The van der Waals surface area contributed by atoms with Crippen molar-refractivity contribution in [2.75, 3.05) is 17.4 Å². The highest BCUT2D eigenvalue weighted by Gasteiger charge is 2.33. The van der Waals surface area contributed by atoms with Gasteiger partial charge in [0.15, 0.2) is 0 Å². The topological polar surface area (TPSA) is 86.8 Å². The number of aryl methyl sites for hydroxylation is 1. The van der Waals surface area contributed by atoms with Gasteiger partial charge in [0.2, 0.25) is 11.8 Å². The van der Waals surface area contributed by atoms with E-state index >= 15 is 0 Å². The molecule has 1 N–H and O–H groups in total. The molecule has 0 fully saturated rings. The van der Waals surface area contributed by atoms with E-state index in [2.05, 4.69) is 5.32 Å². The number of hydrogen-bond donors (Lipinski definition) is 1. The van der Waals surface area contributed by atoms with Crippen LogP contribution in [0.5, 0.6) is 0 Å². The lowest BCUT2D eigenvalue weighted by molar-refractivity contribution is -0.139. The van der Waals surface area contributed by atoms with E-state index < -0.39 is 28.5 Å². The predicted molar refractivity (Wildman–Crippen MR) is 161 cm³/mol. The van der Waals surface area contributed by atoms with Crippen LogP contribution in [-0.2, 0) is 26.2 Å². The molecule has 2 amide bonds. The second-order valence-electron chi connectivity index (χ2n) is 9.88. The molecule has 1 atom stereocenters. The standard InChI is InChI=1S/C29H32Cl3N3O4S/c1-19(2)16-33-29(37)21(4)34(17-22-10-11-24(31)15-27(22)32)28(36)18-35(25-7-5-6-23(30)14-25)40(38,39)26-12-8-20(3)9-13-26/h5-15,19,21H,16-18H2,1-4H3,(H,33,37)/t21-/m1/s1. The van der Waals surface area contributed by atoms with E-state index in [9.17, 15) is 18.0 Å². The molecule has 7 nitrogen and oxygen atoms in total.